The Labute approximate surface area is 66.0 Å². The lowest BCUT2D eigenvalue weighted by atomic mass is 10.8. The Kier molecular flexibility index (Phi) is 2.02. The summed E-state index contributed by atoms with van der Waals surface area (Å²) in [5.41, 5.74) is 0. The van der Waals surface area contributed by atoms with Gasteiger partial charge in [0.25, 0.3) is 0 Å². The van der Waals surface area contributed by atoms with E-state index in [0.29, 0.717) is 0 Å². The molecule has 3 nitrogen and oxygen atoms in total. The van der Waals surface area contributed by atoms with Gasteiger partial charge in [0.2, 0.25) is 5.95 Å². The molecule has 0 bridgehead atoms. The standard InChI is InChI=1S/C4H6BrN3S/c1-8(2)4-6-3(5)9-7-4/h1-2H3. The van der Waals surface area contributed by atoms with Crippen LogP contribution in [0.4, 0.5) is 5.95 Å². The summed E-state index contributed by atoms with van der Waals surface area (Å²) in [7, 11) is 3.82. The predicted octanol–water partition coefficient (Wildman–Crippen LogP) is 1.37. The van der Waals surface area contributed by atoms with Gasteiger partial charge in [-0.3, -0.25) is 0 Å². The lowest BCUT2D eigenvalue weighted by molar-refractivity contribution is 1.04. The lowest BCUT2D eigenvalue weighted by Crippen LogP contribution is -2.09. The normalized spacial score (nSPS) is 9.67. The van der Waals surface area contributed by atoms with Crippen LogP contribution in [0, 0.1) is 0 Å². The van der Waals surface area contributed by atoms with Crippen molar-refractivity contribution in [1.82, 2.24) is 9.36 Å². The summed E-state index contributed by atoms with van der Waals surface area (Å²) in [6.07, 6.45) is 0. The van der Waals surface area contributed by atoms with Crippen LogP contribution in [0.3, 0.4) is 0 Å². The van der Waals surface area contributed by atoms with Crippen molar-refractivity contribution < 1.29 is 0 Å². The topological polar surface area (TPSA) is 29.0 Å². The van der Waals surface area contributed by atoms with E-state index in [9.17, 15) is 0 Å². The van der Waals surface area contributed by atoms with E-state index in [1.807, 2.05) is 19.0 Å². The second kappa shape index (κ2) is 2.62. The minimum Gasteiger partial charge on any atom is -0.346 e. The molecule has 0 aliphatic carbocycles. The van der Waals surface area contributed by atoms with Crippen LogP contribution in [0.5, 0.6) is 0 Å². The Morgan fingerprint density at radius 3 is 2.44 bits per heavy atom. The maximum atomic E-state index is 4.06. The Morgan fingerprint density at radius 2 is 2.22 bits per heavy atom. The second-order valence-corrected chi connectivity index (χ2v) is 3.77. The highest BCUT2D eigenvalue weighted by Gasteiger charge is 2.00. The molecular weight excluding hydrogens is 202 g/mol. The average molecular weight is 208 g/mol. The number of hydrogen-bond donors (Lipinski definition) is 0. The molecule has 0 atom stereocenters. The molecule has 0 amide bonds. The van der Waals surface area contributed by atoms with E-state index in [4.69, 9.17) is 0 Å². The highest BCUT2D eigenvalue weighted by molar-refractivity contribution is 9.11. The molecule has 1 aromatic heterocycles. The minimum atomic E-state index is 0.756. The van der Waals surface area contributed by atoms with E-state index in [1.54, 1.807) is 0 Å². The van der Waals surface area contributed by atoms with E-state index >= 15 is 0 Å². The molecule has 9 heavy (non-hydrogen) atoms. The number of rotatable bonds is 1. The van der Waals surface area contributed by atoms with E-state index in [0.717, 1.165) is 9.87 Å². The summed E-state index contributed by atoms with van der Waals surface area (Å²) >= 11 is 4.57. The molecule has 0 aliphatic heterocycles. The third kappa shape index (κ3) is 1.62. The zero-order valence-electron chi connectivity index (χ0n) is 5.13. The second-order valence-electron chi connectivity index (χ2n) is 1.74. The molecule has 0 aliphatic rings. The third-order valence-corrected chi connectivity index (χ3v) is 1.90. The first-order valence-corrected chi connectivity index (χ1v) is 3.93. The van der Waals surface area contributed by atoms with Gasteiger partial charge in [0.05, 0.1) is 0 Å². The van der Waals surface area contributed by atoms with Crippen molar-refractivity contribution in [3.63, 3.8) is 0 Å². The molecule has 50 valence electrons. The van der Waals surface area contributed by atoms with Crippen LogP contribution in [-0.2, 0) is 0 Å². The van der Waals surface area contributed by atoms with Crippen molar-refractivity contribution in [2.24, 2.45) is 0 Å². The number of nitrogens with zero attached hydrogens (tertiary/aromatic N) is 3. The zero-order chi connectivity index (χ0) is 6.85. The minimum absolute atomic E-state index is 0.756. The van der Waals surface area contributed by atoms with Crippen LogP contribution < -0.4 is 4.90 Å². The Morgan fingerprint density at radius 1 is 1.56 bits per heavy atom. The molecule has 0 saturated carbocycles. The summed E-state index contributed by atoms with van der Waals surface area (Å²) in [5, 5.41) is 0. The van der Waals surface area contributed by atoms with Crippen molar-refractivity contribution in [1.29, 1.82) is 0 Å². The van der Waals surface area contributed by atoms with Crippen molar-refractivity contribution in [3.8, 4) is 0 Å². The fourth-order valence-corrected chi connectivity index (χ4v) is 1.24. The van der Waals surface area contributed by atoms with Crippen LogP contribution in [0.2, 0.25) is 0 Å². The van der Waals surface area contributed by atoms with Gasteiger partial charge in [-0.05, 0) is 27.5 Å². The molecule has 5 heteroatoms. The highest BCUT2D eigenvalue weighted by Crippen LogP contribution is 2.15. The first-order valence-electron chi connectivity index (χ1n) is 2.36. The van der Waals surface area contributed by atoms with Gasteiger partial charge >= 0.3 is 0 Å². The van der Waals surface area contributed by atoms with Crippen molar-refractivity contribution >= 4 is 33.4 Å². The molecule has 1 aromatic rings. The van der Waals surface area contributed by atoms with Crippen LogP contribution in [0.15, 0.2) is 3.92 Å². The van der Waals surface area contributed by atoms with E-state index < -0.39 is 0 Å². The van der Waals surface area contributed by atoms with Crippen molar-refractivity contribution in [2.45, 2.75) is 0 Å². The quantitative estimate of drug-likeness (QED) is 0.697. The molecule has 0 radical (unpaired) electrons. The third-order valence-electron chi connectivity index (χ3n) is 0.791. The summed E-state index contributed by atoms with van der Waals surface area (Å²) in [6, 6.07) is 0. The molecule has 0 saturated heterocycles. The van der Waals surface area contributed by atoms with Gasteiger partial charge in [-0.25, -0.2) is 0 Å². The summed E-state index contributed by atoms with van der Waals surface area (Å²) < 4.78 is 4.85. The monoisotopic (exact) mass is 207 g/mol. The molecule has 1 heterocycles. The summed E-state index contributed by atoms with van der Waals surface area (Å²) in [5.74, 6) is 0.756. The molecule has 0 fully saturated rings. The fourth-order valence-electron chi connectivity index (χ4n) is 0.380. The number of halogens is 1. The van der Waals surface area contributed by atoms with Gasteiger partial charge in [0.15, 0.2) is 3.92 Å². The SMILES string of the molecule is CN(C)c1nsc(Br)n1. The molecule has 0 N–H and O–H groups in total. The van der Waals surface area contributed by atoms with Crippen LogP contribution in [-0.4, -0.2) is 23.5 Å². The number of anilines is 1. The highest BCUT2D eigenvalue weighted by atomic mass is 79.9. The molecule has 0 spiro atoms. The van der Waals surface area contributed by atoms with E-state index in [-0.39, 0.29) is 0 Å². The van der Waals surface area contributed by atoms with Crippen molar-refractivity contribution in [3.05, 3.63) is 3.92 Å². The summed E-state index contributed by atoms with van der Waals surface area (Å²) in [4.78, 5) is 5.92. The van der Waals surface area contributed by atoms with Crippen LogP contribution >= 0.6 is 27.5 Å². The van der Waals surface area contributed by atoms with Crippen LogP contribution in [0.1, 0.15) is 0 Å². The first kappa shape index (κ1) is 6.95. The van der Waals surface area contributed by atoms with Gasteiger partial charge in [-0.2, -0.15) is 9.36 Å². The molecule has 1 rings (SSSR count). The first-order chi connectivity index (χ1) is 4.20. The van der Waals surface area contributed by atoms with Gasteiger partial charge in [0, 0.05) is 14.1 Å². The van der Waals surface area contributed by atoms with E-state index in [1.165, 1.54) is 11.5 Å². The van der Waals surface area contributed by atoms with Gasteiger partial charge in [-0.1, -0.05) is 0 Å². The van der Waals surface area contributed by atoms with Gasteiger partial charge in [-0.15, -0.1) is 0 Å². The Hall–Kier alpha value is -0.160. The maximum Gasteiger partial charge on any atom is 0.237 e. The van der Waals surface area contributed by atoms with Crippen LogP contribution in [0.25, 0.3) is 0 Å². The molecule has 0 aromatic carbocycles. The number of hydrogen-bond acceptors (Lipinski definition) is 4. The van der Waals surface area contributed by atoms with Gasteiger partial charge < -0.3 is 4.90 Å². The predicted molar refractivity (Wildman–Crippen MR) is 41.9 cm³/mol. The molecular formula is C4H6BrN3S. The maximum absolute atomic E-state index is 4.06. The van der Waals surface area contributed by atoms with Gasteiger partial charge in [0.1, 0.15) is 0 Å². The molecule has 0 unspecified atom stereocenters. The smallest absolute Gasteiger partial charge is 0.237 e. The fraction of sp³-hybridized carbons (Fsp3) is 0.500. The summed E-state index contributed by atoms with van der Waals surface area (Å²) in [6.45, 7) is 0. The van der Waals surface area contributed by atoms with Crippen molar-refractivity contribution in [2.75, 3.05) is 19.0 Å². The Balaban J connectivity index is 2.85. The van der Waals surface area contributed by atoms with E-state index in [2.05, 4.69) is 25.3 Å². The average Bonchev–Trinajstić information content (AvgIpc) is 2.14. The number of aromatic nitrogens is 2. The largest absolute Gasteiger partial charge is 0.346 e. The Bertz CT molecular complexity index is 197. The lowest BCUT2D eigenvalue weighted by Gasteiger charge is -2.03. The zero-order valence-corrected chi connectivity index (χ0v) is 7.53.